The van der Waals surface area contributed by atoms with Gasteiger partial charge in [-0.15, -0.1) is 0 Å². The van der Waals surface area contributed by atoms with Gasteiger partial charge in [-0.2, -0.15) is 4.31 Å². The van der Waals surface area contributed by atoms with Crippen LogP contribution in [0, 0.1) is 11.7 Å². The van der Waals surface area contributed by atoms with Gasteiger partial charge in [0, 0.05) is 26.7 Å². The number of rotatable bonds is 8. The van der Waals surface area contributed by atoms with Crippen molar-refractivity contribution in [2.45, 2.75) is 37.3 Å². The fourth-order valence-corrected chi connectivity index (χ4v) is 5.32. The Hall–Kier alpha value is -2.98. The molecule has 3 rings (SSSR count). The second kappa shape index (κ2) is 11.0. The summed E-state index contributed by atoms with van der Waals surface area (Å²) >= 11 is 0. The highest BCUT2D eigenvalue weighted by Crippen LogP contribution is 2.26. The number of sulfonamides is 1. The zero-order chi connectivity index (χ0) is 24.9. The molecule has 0 radical (unpaired) electrons. The Labute approximate surface area is 199 Å². The average Bonchev–Trinajstić information content (AvgIpc) is 2.83. The molecule has 1 atom stereocenters. The molecular weight excluding hydrogens is 463 g/mol. The van der Waals surface area contributed by atoms with Crippen molar-refractivity contribution in [1.82, 2.24) is 9.21 Å². The van der Waals surface area contributed by atoms with E-state index in [-0.39, 0.29) is 24.5 Å². The molecule has 184 valence electrons. The Morgan fingerprint density at radius 2 is 1.79 bits per heavy atom. The molecule has 1 unspecified atom stereocenters. The number of piperidine rings is 1. The van der Waals surface area contributed by atoms with Crippen LogP contribution in [0.2, 0.25) is 0 Å². The van der Waals surface area contributed by atoms with Gasteiger partial charge in [-0.25, -0.2) is 12.8 Å². The Balaban J connectivity index is 1.52. The molecule has 1 aliphatic rings. The van der Waals surface area contributed by atoms with Crippen LogP contribution in [0.1, 0.15) is 25.3 Å². The summed E-state index contributed by atoms with van der Waals surface area (Å²) in [5.74, 6) is -1.26. The van der Waals surface area contributed by atoms with Gasteiger partial charge in [-0.05, 0) is 61.7 Å². The fourth-order valence-electron chi connectivity index (χ4n) is 3.85. The summed E-state index contributed by atoms with van der Waals surface area (Å²) in [5, 5.41) is 0. The SMILES string of the molecule is COc1ccc(S(=O)(=O)N2CCC(C(=O)OC(C)C(=O)N(C)Cc3cccc(F)c3)CC2)cc1. The van der Waals surface area contributed by atoms with Gasteiger partial charge < -0.3 is 14.4 Å². The van der Waals surface area contributed by atoms with Crippen molar-refractivity contribution in [1.29, 1.82) is 0 Å². The van der Waals surface area contributed by atoms with E-state index in [2.05, 4.69) is 0 Å². The molecule has 0 aliphatic carbocycles. The van der Waals surface area contributed by atoms with E-state index in [0.29, 0.717) is 24.2 Å². The highest BCUT2D eigenvalue weighted by molar-refractivity contribution is 7.89. The minimum atomic E-state index is -3.68. The number of carbonyl (C=O) groups excluding carboxylic acids is 2. The van der Waals surface area contributed by atoms with Crippen molar-refractivity contribution < 1.29 is 31.9 Å². The maximum absolute atomic E-state index is 13.4. The first kappa shape index (κ1) is 25.6. The van der Waals surface area contributed by atoms with Crippen LogP contribution in [0.4, 0.5) is 4.39 Å². The van der Waals surface area contributed by atoms with Crippen molar-refractivity contribution in [2.75, 3.05) is 27.2 Å². The van der Waals surface area contributed by atoms with Crippen molar-refractivity contribution in [3.63, 3.8) is 0 Å². The maximum Gasteiger partial charge on any atom is 0.309 e. The quantitative estimate of drug-likeness (QED) is 0.526. The van der Waals surface area contributed by atoms with E-state index < -0.39 is 39.7 Å². The molecule has 0 N–H and O–H groups in total. The van der Waals surface area contributed by atoms with E-state index in [1.165, 1.54) is 47.5 Å². The van der Waals surface area contributed by atoms with Crippen LogP contribution >= 0.6 is 0 Å². The largest absolute Gasteiger partial charge is 0.497 e. The molecule has 1 heterocycles. The van der Waals surface area contributed by atoms with Crippen molar-refractivity contribution in [3.8, 4) is 5.75 Å². The molecule has 1 amide bonds. The summed E-state index contributed by atoms with van der Waals surface area (Å²) < 4.78 is 50.9. The minimum Gasteiger partial charge on any atom is -0.497 e. The van der Waals surface area contributed by atoms with E-state index in [9.17, 15) is 22.4 Å². The number of nitrogens with zero attached hydrogens (tertiary/aromatic N) is 2. The first-order valence-electron chi connectivity index (χ1n) is 11.0. The Kier molecular flexibility index (Phi) is 8.27. The zero-order valence-corrected chi connectivity index (χ0v) is 20.3. The number of benzene rings is 2. The van der Waals surface area contributed by atoms with Gasteiger partial charge in [-0.1, -0.05) is 12.1 Å². The molecule has 2 aromatic rings. The van der Waals surface area contributed by atoms with Gasteiger partial charge in [0.2, 0.25) is 10.0 Å². The third kappa shape index (κ3) is 6.12. The van der Waals surface area contributed by atoms with E-state index in [0.717, 1.165) is 0 Å². The highest BCUT2D eigenvalue weighted by Gasteiger charge is 2.34. The van der Waals surface area contributed by atoms with Crippen LogP contribution in [-0.2, 0) is 30.9 Å². The Morgan fingerprint density at radius 3 is 2.38 bits per heavy atom. The number of carbonyl (C=O) groups is 2. The molecular formula is C24H29FN2O6S. The lowest BCUT2D eigenvalue weighted by atomic mass is 9.98. The number of esters is 1. The summed E-state index contributed by atoms with van der Waals surface area (Å²) in [6.07, 6.45) is -0.408. The second-order valence-corrected chi connectivity index (χ2v) is 10.2. The lowest BCUT2D eigenvalue weighted by molar-refractivity contribution is -0.163. The summed E-state index contributed by atoms with van der Waals surface area (Å²) in [5.41, 5.74) is 0.625. The van der Waals surface area contributed by atoms with Crippen molar-refractivity contribution in [3.05, 3.63) is 59.9 Å². The molecule has 2 aromatic carbocycles. The van der Waals surface area contributed by atoms with E-state index in [1.54, 1.807) is 31.3 Å². The smallest absolute Gasteiger partial charge is 0.309 e. The normalized spacial score (nSPS) is 16.0. The number of ether oxygens (including phenoxy) is 2. The molecule has 0 bridgehead atoms. The third-order valence-electron chi connectivity index (χ3n) is 5.81. The molecule has 1 aliphatic heterocycles. The second-order valence-electron chi connectivity index (χ2n) is 8.26. The number of halogens is 1. The van der Waals surface area contributed by atoms with E-state index in [1.807, 2.05) is 0 Å². The molecule has 8 nitrogen and oxygen atoms in total. The van der Waals surface area contributed by atoms with E-state index >= 15 is 0 Å². The predicted octanol–water partition coefficient (Wildman–Crippen LogP) is 2.83. The van der Waals surface area contributed by atoms with Crippen LogP contribution < -0.4 is 4.74 Å². The van der Waals surface area contributed by atoms with Gasteiger partial charge in [0.25, 0.3) is 5.91 Å². The summed E-state index contributed by atoms with van der Waals surface area (Å²) in [7, 11) is -0.619. The highest BCUT2D eigenvalue weighted by atomic mass is 32.2. The Morgan fingerprint density at radius 1 is 1.15 bits per heavy atom. The lowest BCUT2D eigenvalue weighted by Crippen LogP contribution is -2.42. The lowest BCUT2D eigenvalue weighted by Gasteiger charge is -2.31. The van der Waals surface area contributed by atoms with Crippen molar-refractivity contribution in [2.24, 2.45) is 5.92 Å². The zero-order valence-electron chi connectivity index (χ0n) is 19.4. The topological polar surface area (TPSA) is 93.2 Å². The first-order chi connectivity index (χ1) is 16.1. The molecule has 0 aromatic heterocycles. The average molecular weight is 493 g/mol. The molecule has 10 heteroatoms. The summed E-state index contributed by atoms with van der Waals surface area (Å²) in [6.45, 7) is 2.03. The molecule has 34 heavy (non-hydrogen) atoms. The first-order valence-corrected chi connectivity index (χ1v) is 12.4. The number of methoxy groups -OCH3 is 1. The van der Waals surface area contributed by atoms with Gasteiger partial charge in [0.05, 0.1) is 17.9 Å². The Bertz CT molecular complexity index is 1110. The number of hydrogen-bond acceptors (Lipinski definition) is 6. The van der Waals surface area contributed by atoms with Crippen molar-refractivity contribution >= 4 is 21.9 Å². The summed E-state index contributed by atoms with van der Waals surface area (Å²) in [6, 6.07) is 12.1. The monoisotopic (exact) mass is 492 g/mol. The van der Waals surface area contributed by atoms with Gasteiger partial charge >= 0.3 is 5.97 Å². The maximum atomic E-state index is 13.4. The van der Waals surface area contributed by atoms with Crippen LogP contribution in [-0.4, -0.2) is 62.9 Å². The standard InChI is InChI=1S/C24H29FN2O6S/c1-17(23(28)26(2)16-18-5-4-6-20(25)15-18)33-24(29)19-11-13-27(14-12-19)34(30,31)22-9-7-21(32-3)8-10-22/h4-10,15,17,19H,11-14,16H2,1-3H3. The molecule has 0 saturated carbocycles. The van der Waals surface area contributed by atoms with E-state index in [4.69, 9.17) is 9.47 Å². The number of hydrogen-bond donors (Lipinski definition) is 0. The molecule has 1 saturated heterocycles. The van der Waals surface area contributed by atoms with Gasteiger partial charge in [-0.3, -0.25) is 9.59 Å². The van der Waals surface area contributed by atoms with Crippen LogP contribution in [0.3, 0.4) is 0 Å². The van der Waals surface area contributed by atoms with Crippen LogP contribution in [0.5, 0.6) is 5.75 Å². The third-order valence-corrected chi connectivity index (χ3v) is 7.72. The van der Waals surface area contributed by atoms with Gasteiger partial charge in [0.15, 0.2) is 6.10 Å². The number of likely N-dealkylation sites (N-methyl/N-ethyl adjacent to an activating group) is 1. The molecule has 0 spiro atoms. The fraction of sp³-hybridized carbons (Fsp3) is 0.417. The predicted molar refractivity (Wildman–Crippen MR) is 123 cm³/mol. The molecule has 1 fully saturated rings. The van der Waals surface area contributed by atoms with Crippen LogP contribution in [0.25, 0.3) is 0 Å². The van der Waals surface area contributed by atoms with Gasteiger partial charge in [0.1, 0.15) is 11.6 Å². The minimum absolute atomic E-state index is 0.162. The summed E-state index contributed by atoms with van der Waals surface area (Å²) in [4.78, 5) is 26.7. The number of amides is 1. The van der Waals surface area contributed by atoms with Crippen LogP contribution in [0.15, 0.2) is 53.4 Å².